The van der Waals surface area contributed by atoms with Gasteiger partial charge in [-0.15, -0.1) is 0 Å². The second-order valence-electron chi connectivity index (χ2n) is 5.83. The summed E-state index contributed by atoms with van der Waals surface area (Å²) in [5.74, 6) is -0.740. The molecule has 1 fully saturated rings. The van der Waals surface area contributed by atoms with Gasteiger partial charge in [0.1, 0.15) is 11.6 Å². The van der Waals surface area contributed by atoms with Gasteiger partial charge in [0, 0.05) is 18.2 Å². The van der Waals surface area contributed by atoms with Crippen LogP contribution < -0.4 is 5.56 Å². The second kappa shape index (κ2) is 5.22. The lowest BCUT2D eigenvalue weighted by atomic mass is 10.1. The minimum Gasteiger partial charge on any atom is -0.330 e. The predicted octanol–water partition coefficient (Wildman–Crippen LogP) is 3.15. The van der Waals surface area contributed by atoms with Gasteiger partial charge in [-0.25, -0.2) is 13.8 Å². The molecule has 1 aliphatic rings. The first-order valence-electron chi connectivity index (χ1n) is 7.43. The summed E-state index contributed by atoms with van der Waals surface area (Å²) >= 11 is 0. The van der Waals surface area contributed by atoms with Gasteiger partial charge in [-0.2, -0.15) is 4.98 Å². The van der Waals surface area contributed by atoms with Crippen molar-refractivity contribution < 1.29 is 8.78 Å². The molecule has 0 saturated heterocycles. The molecule has 0 unspecified atom stereocenters. The first-order valence-corrected chi connectivity index (χ1v) is 7.43. The molecule has 116 valence electrons. The van der Waals surface area contributed by atoms with E-state index in [9.17, 15) is 13.6 Å². The van der Waals surface area contributed by atoms with E-state index in [1.165, 1.54) is 31.3 Å². The number of aromatic nitrogens is 3. The lowest BCUT2D eigenvalue weighted by molar-refractivity contribution is 0.585. The molecular formula is C17H13F2N3O. The van der Waals surface area contributed by atoms with Gasteiger partial charge in [0.2, 0.25) is 0 Å². The van der Waals surface area contributed by atoms with Crippen LogP contribution in [0.1, 0.15) is 12.8 Å². The van der Waals surface area contributed by atoms with Gasteiger partial charge in [-0.05, 0) is 43.0 Å². The maximum Gasteiger partial charge on any atom is 0.299 e. The van der Waals surface area contributed by atoms with Crippen LogP contribution in [0, 0.1) is 17.6 Å². The van der Waals surface area contributed by atoms with Crippen LogP contribution in [0.3, 0.4) is 0 Å². The molecule has 1 aromatic carbocycles. The Balaban J connectivity index is 1.87. The molecule has 4 nitrogen and oxygen atoms in total. The number of hydrogen-bond donors (Lipinski definition) is 0. The van der Waals surface area contributed by atoms with Crippen molar-refractivity contribution >= 4 is 11.0 Å². The van der Waals surface area contributed by atoms with Crippen LogP contribution in [0.25, 0.3) is 22.3 Å². The fraction of sp³-hybridized carbons (Fsp3) is 0.235. The largest absolute Gasteiger partial charge is 0.330 e. The van der Waals surface area contributed by atoms with Crippen LogP contribution >= 0.6 is 0 Å². The van der Waals surface area contributed by atoms with E-state index in [-0.39, 0.29) is 16.8 Å². The normalized spacial score (nSPS) is 14.3. The van der Waals surface area contributed by atoms with Crippen molar-refractivity contribution in [2.75, 3.05) is 0 Å². The number of hydrogen-bond acceptors (Lipinski definition) is 3. The highest BCUT2D eigenvalue weighted by Crippen LogP contribution is 2.31. The minimum atomic E-state index is -0.709. The lowest BCUT2D eigenvalue weighted by Crippen LogP contribution is -2.15. The zero-order valence-electron chi connectivity index (χ0n) is 12.2. The summed E-state index contributed by atoms with van der Waals surface area (Å²) in [6.45, 7) is 0.801. The van der Waals surface area contributed by atoms with E-state index >= 15 is 0 Å². The Labute approximate surface area is 130 Å². The molecule has 1 saturated carbocycles. The van der Waals surface area contributed by atoms with Crippen LogP contribution in [-0.2, 0) is 6.54 Å². The standard InChI is InChI=1S/C17H13F2N3O/c18-11-3-4-12(13(19)7-11)14-5-6-15-16(21-14)17(23)20-9-22(15)8-10-1-2-10/h3-7,9-10H,1-2,8H2. The molecule has 0 bridgehead atoms. The Morgan fingerprint density at radius 2 is 2.00 bits per heavy atom. The summed E-state index contributed by atoms with van der Waals surface area (Å²) < 4.78 is 28.9. The Morgan fingerprint density at radius 1 is 1.17 bits per heavy atom. The van der Waals surface area contributed by atoms with Crippen molar-refractivity contribution in [2.45, 2.75) is 19.4 Å². The molecular weight excluding hydrogens is 300 g/mol. The Bertz CT molecular complexity index is 964. The minimum absolute atomic E-state index is 0.158. The van der Waals surface area contributed by atoms with Gasteiger partial charge < -0.3 is 4.57 Å². The van der Waals surface area contributed by atoms with E-state index in [4.69, 9.17) is 0 Å². The number of pyridine rings is 1. The number of fused-ring (bicyclic) bond motifs is 1. The van der Waals surface area contributed by atoms with Crippen molar-refractivity contribution in [3.63, 3.8) is 0 Å². The van der Waals surface area contributed by atoms with Gasteiger partial charge in [0.15, 0.2) is 5.52 Å². The number of nitrogens with zero attached hydrogens (tertiary/aromatic N) is 3. The van der Waals surface area contributed by atoms with Crippen molar-refractivity contribution in [3.05, 3.63) is 58.6 Å². The average Bonchev–Trinajstić information content (AvgIpc) is 3.34. The van der Waals surface area contributed by atoms with Crippen LogP contribution in [0.5, 0.6) is 0 Å². The molecule has 0 aliphatic heterocycles. The summed E-state index contributed by atoms with van der Waals surface area (Å²) in [7, 11) is 0. The second-order valence-corrected chi connectivity index (χ2v) is 5.83. The average molecular weight is 313 g/mol. The quantitative estimate of drug-likeness (QED) is 0.746. The maximum atomic E-state index is 13.9. The van der Waals surface area contributed by atoms with E-state index in [1.807, 2.05) is 4.57 Å². The van der Waals surface area contributed by atoms with Crippen molar-refractivity contribution in [3.8, 4) is 11.3 Å². The van der Waals surface area contributed by atoms with Gasteiger partial charge in [-0.3, -0.25) is 4.79 Å². The van der Waals surface area contributed by atoms with Gasteiger partial charge in [0.05, 0.1) is 17.5 Å². The topological polar surface area (TPSA) is 47.8 Å². The highest BCUT2D eigenvalue weighted by molar-refractivity contribution is 5.77. The highest BCUT2D eigenvalue weighted by Gasteiger charge is 2.22. The summed E-state index contributed by atoms with van der Waals surface area (Å²) in [6, 6.07) is 6.67. The highest BCUT2D eigenvalue weighted by atomic mass is 19.1. The van der Waals surface area contributed by atoms with E-state index < -0.39 is 17.2 Å². The number of halogens is 2. The summed E-state index contributed by atoms with van der Waals surface area (Å²) in [5.41, 5.74) is 0.886. The monoisotopic (exact) mass is 313 g/mol. The number of rotatable bonds is 3. The molecule has 23 heavy (non-hydrogen) atoms. The van der Waals surface area contributed by atoms with Crippen LogP contribution in [0.4, 0.5) is 8.78 Å². The predicted molar refractivity (Wildman–Crippen MR) is 81.9 cm³/mol. The van der Waals surface area contributed by atoms with Crippen LogP contribution in [-0.4, -0.2) is 14.5 Å². The smallest absolute Gasteiger partial charge is 0.299 e. The molecule has 2 heterocycles. The third-order valence-electron chi connectivity index (χ3n) is 4.06. The lowest BCUT2D eigenvalue weighted by Gasteiger charge is -2.10. The van der Waals surface area contributed by atoms with Crippen molar-refractivity contribution in [1.29, 1.82) is 0 Å². The Kier molecular flexibility index (Phi) is 3.18. The van der Waals surface area contributed by atoms with Gasteiger partial charge in [0.25, 0.3) is 5.56 Å². The van der Waals surface area contributed by atoms with Gasteiger partial charge >= 0.3 is 0 Å². The third-order valence-corrected chi connectivity index (χ3v) is 4.06. The van der Waals surface area contributed by atoms with Crippen molar-refractivity contribution in [1.82, 2.24) is 14.5 Å². The van der Waals surface area contributed by atoms with Gasteiger partial charge in [-0.1, -0.05) is 0 Å². The molecule has 0 atom stereocenters. The molecule has 1 aliphatic carbocycles. The maximum absolute atomic E-state index is 13.9. The Morgan fingerprint density at radius 3 is 2.74 bits per heavy atom. The molecule has 0 radical (unpaired) electrons. The van der Waals surface area contributed by atoms with E-state index in [1.54, 1.807) is 12.1 Å². The Hall–Kier alpha value is -2.63. The van der Waals surface area contributed by atoms with E-state index in [2.05, 4.69) is 9.97 Å². The fourth-order valence-electron chi connectivity index (χ4n) is 2.66. The van der Waals surface area contributed by atoms with E-state index in [0.717, 1.165) is 12.6 Å². The zero-order chi connectivity index (χ0) is 16.0. The summed E-state index contributed by atoms with van der Waals surface area (Å²) in [6.07, 6.45) is 3.89. The molecule has 3 aromatic rings. The fourth-order valence-corrected chi connectivity index (χ4v) is 2.66. The molecule has 4 rings (SSSR count). The SMILES string of the molecule is O=c1ncn(CC2CC2)c2ccc(-c3ccc(F)cc3F)nc12. The summed E-state index contributed by atoms with van der Waals surface area (Å²) in [4.78, 5) is 20.1. The zero-order valence-corrected chi connectivity index (χ0v) is 12.2. The summed E-state index contributed by atoms with van der Waals surface area (Å²) in [5, 5.41) is 0. The van der Waals surface area contributed by atoms with Crippen LogP contribution in [0.15, 0.2) is 41.5 Å². The number of benzene rings is 1. The third kappa shape index (κ3) is 2.60. The molecule has 2 aromatic heterocycles. The molecule has 0 amide bonds. The molecule has 0 spiro atoms. The first-order chi connectivity index (χ1) is 11.1. The first kappa shape index (κ1) is 14.0. The van der Waals surface area contributed by atoms with Crippen LogP contribution in [0.2, 0.25) is 0 Å². The molecule has 0 N–H and O–H groups in total. The van der Waals surface area contributed by atoms with Crippen molar-refractivity contribution in [2.24, 2.45) is 5.92 Å². The van der Waals surface area contributed by atoms with E-state index in [0.29, 0.717) is 11.4 Å². The molecule has 6 heteroatoms.